The first-order chi connectivity index (χ1) is 9.63. The van der Waals surface area contributed by atoms with Gasteiger partial charge in [-0.25, -0.2) is 4.39 Å². The molecule has 1 fully saturated rings. The Morgan fingerprint density at radius 1 is 1.50 bits per heavy atom. The molecule has 0 bridgehead atoms. The van der Waals surface area contributed by atoms with E-state index in [-0.39, 0.29) is 18.0 Å². The average Bonchev–Trinajstić information content (AvgIpc) is 2.44. The lowest BCUT2D eigenvalue weighted by molar-refractivity contribution is 0.0531. The standard InChI is InChI=1S/C16H25FN2O/c1-4-8-18-13(3)16-14(17)6-5-7-15(16)19-9-10-20-12(2)11-19/h5-7,12-13,18H,4,8-11H2,1-3H3. The monoisotopic (exact) mass is 280 g/mol. The Hall–Kier alpha value is -1.13. The van der Waals surface area contributed by atoms with E-state index in [1.807, 2.05) is 13.0 Å². The smallest absolute Gasteiger partial charge is 0.130 e. The minimum atomic E-state index is -0.127. The van der Waals surface area contributed by atoms with Gasteiger partial charge in [-0.05, 0) is 38.9 Å². The van der Waals surface area contributed by atoms with Gasteiger partial charge in [0, 0.05) is 30.4 Å². The summed E-state index contributed by atoms with van der Waals surface area (Å²) < 4.78 is 19.9. The molecule has 20 heavy (non-hydrogen) atoms. The molecule has 3 nitrogen and oxygen atoms in total. The topological polar surface area (TPSA) is 24.5 Å². The second-order valence-electron chi connectivity index (χ2n) is 5.48. The van der Waals surface area contributed by atoms with E-state index >= 15 is 0 Å². The molecule has 1 heterocycles. The van der Waals surface area contributed by atoms with Crippen LogP contribution in [0.4, 0.5) is 10.1 Å². The van der Waals surface area contributed by atoms with Gasteiger partial charge >= 0.3 is 0 Å². The van der Waals surface area contributed by atoms with Crippen LogP contribution < -0.4 is 10.2 Å². The number of ether oxygens (including phenoxy) is 1. The quantitative estimate of drug-likeness (QED) is 0.897. The van der Waals surface area contributed by atoms with Crippen LogP contribution in [0.15, 0.2) is 18.2 Å². The maximum Gasteiger partial charge on any atom is 0.130 e. The first-order valence-electron chi connectivity index (χ1n) is 7.51. The maximum absolute atomic E-state index is 14.3. The van der Waals surface area contributed by atoms with Crippen molar-refractivity contribution in [2.45, 2.75) is 39.3 Å². The van der Waals surface area contributed by atoms with Crippen LogP contribution in [0.25, 0.3) is 0 Å². The molecule has 0 spiro atoms. The van der Waals surface area contributed by atoms with E-state index in [9.17, 15) is 4.39 Å². The minimum absolute atomic E-state index is 0.0179. The van der Waals surface area contributed by atoms with Crippen molar-refractivity contribution < 1.29 is 9.13 Å². The number of hydrogen-bond donors (Lipinski definition) is 1. The molecule has 0 amide bonds. The molecule has 2 atom stereocenters. The third-order valence-electron chi connectivity index (χ3n) is 3.75. The Morgan fingerprint density at radius 3 is 3.00 bits per heavy atom. The number of nitrogens with zero attached hydrogens (tertiary/aromatic N) is 1. The largest absolute Gasteiger partial charge is 0.375 e. The zero-order valence-electron chi connectivity index (χ0n) is 12.7. The van der Waals surface area contributed by atoms with Gasteiger partial charge in [-0.15, -0.1) is 0 Å². The second kappa shape index (κ2) is 7.04. The van der Waals surface area contributed by atoms with E-state index in [1.54, 1.807) is 12.1 Å². The van der Waals surface area contributed by atoms with E-state index in [0.29, 0.717) is 6.61 Å². The molecule has 2 rings (SSSR count). The molecule has 1 N–H and O–H groups in total. The van der Waals surface area contributed by atoms with E-state index in [0.717, 1.165) is 37.3 Å². The van der Waals surface area contributed by atoms with Crippen LogP contribution in [0.5, 0.6) is 0 Å². The summed E-state index contributed by atoms with van der Waals surface area (Å²) in [5.41, 5.74) is 1.77. The third-order valence-corrected chi connectivity index (χ3v) is 3.75. The lowest BCUT2D eigenvalue weighted by Gasteiger charge is -2.35. The van der Waals surface area contributed by atoms with Gasteiger partial charge in [0.1, 0.15) is 5.82 Å². The molecule has 1 aliphatic heterocycles. The molecule has 1 aromatic carbocycles. The fourth-order valence-corrected chi connectivity index (χ4v) is 2.73. The van der Waals surface area contributed by atoms with Gasteiger partial charge in [0.05, 0.1) is 12.7 Å². The van der Waals surface area contributed by atoms with Crippen molar-refractivity contribution in [1.29, 1.82) is 0 Å². The molecule has 112 valence electrons. The van der Waals surface area contributed by atoms with E-state index in [1.165, 1.54) is 0 Å². The predicted molar refractivity (Wildman–Crippen MR) is 80.7 cm³/mol. The summed E-state index contributed by atoms with van der Waals surface area (Å²) in [6.45, 7) is 9.44. The number of halogens is 1. The van der Waals surface area contributed by atoms with E-state index in [2.05, 4.69) is 24.1 Å². The Balaban J connectivity index is 2.25. The second-order valence-corrected chi connectivity index (χ2v) is 5.48. The first-order valence-corrected chi connectivity index (χ1v) is 7.51. The van der Waals surface area contributed by atoms with Crippen LogP contribution in [0.1, 0.15) is 38.8 Å². The predicted octanol–water partition coefficient (Wildman–Crippen LogP) is 3.11. The van der Waals surface area contributed by atoms with Gasteiger partial charge in [0.2, 0.25) is 0 Å². The molecule has 0 aliphatic carbocycles. The number of hydrogen-bond acceptors (Lipinski definition) is 3. The van der Waals surface area contributed by atoms with Crippen LogP contribution in [-0.2, 0) is 4.74 Å². The lowest BCUT2D eigenvalue weighted by Crippen LogP contribution is -2.42. The van der Waals surface area contributed by atoms with Crippen LogP contribution in [0.3, 0.4) is 0 Å². The molecule has 4 heteroatoms. The molecular weight excluding hydrogens is 255 g/mol. The molecule has 0 aromatic heterocycles. The highest BCUT2D eigenvalue weighted by atomic mass is 19.1. The van der Waals surface area contributed by atoms with Crippen molar-refractivity contribution >= 4 is 5.69 Å². The molecule has 2 unspecified atom stereocenters. The summed E-state index contributed by atoms with van der Waals surface area (Å²) in [5.74, 6) is -0.127. The SMILES string of the molecule is CCCNC(C)c1c(F)cccc1N1CCOC(C)C1. The zero-order chi connectivity index (χ0) is 14.5. The van der Waals surface area contributed by atoms with E-state index < -0.39 is 0 Å². The highest BCUT2D eigenvalue weighted by Gasteiger charge is 2.23. The zero-order valence-corrected chi connectivity index (χ0v) is 12.7. The molecular formula is C16H25FN2O. The minimum Gasteiger partial charge on any atom is -0.375 e. The number of rotatable bonds is 5. The number of morpholine rings is 1. The van der Waals surface area contributed by atoms with Gasteiger partial charge in [-0.2, -0.15) is 0 Å². The van der Waals surface area contributed by atoms with Crippen molar-refractivity contribution in [2.24, 2.45) is 0 Å². The van der Waals surface area contributed by atoms with Crippen molar-refractivity contribution in [3.8, 4) is 0 Å². The lowest BCUT2D eigenvalue weighted by atomic mass is 10.0. The summed E-state index contributed by atoms with van der Waals surface area (Å²) in [6, 6.07) is 5.37. The summed E-state index contributed by atoms with van der Waals surface area (Å²) in [4.78, 5) is 2.23. The van der Waals surface area contributed by atoms with Crippen molar-refractivity contribution in [1.82, 2.24) is 5.32 Å². The highest BCUT2D eigenvalue weighted by Crippen LogP contribution is 2.30. The Labute approximate surface area is 121 Å². The van der Waals surface area contributed by atoms with Crippen molar-refractivity contribution in [3.63, 3.8) is 0 Å². The third kappa shape index (κ3) is 3.49. The average molecular weight is 280 g/mol. The van der Waals surface area contributed by atoms with Crippen molar-refractivity contribution in [2.75, 3.05) is 31.1 Å². The number of nitrogens with one attached hydrogen (secondary N) is 1. The molecule has 1 aliphatic rings. The molecule has 1 aromatic rings. The molecule has 1 saturated heterocycles. The fraction of sp³-hybridized carbons (Fsp3) is 0.625. The van der Waals surface area contributed by atoms with Crippen LogP contribution in [-0.4, -0.2) is 32.3 Å². The van der Waals surface area contributed by atoms with Crippen LogP contribution >= 0.6 is 0 Å². The van der Waals surface area contributed by atoms with Gasteiger partial charge in [-0.3, -0.25) is 0 Å². The highest BCUT2D eigenvalue weighted by molar-refractivity contribution is 5.56. The fourth-order valence-electron chi connectivity index (χ4n) is 2.73. The Bertz CT molecular complexity index is 438. The summed E-state index contributed by atoms with van der Waals surface area (Å²) >= 11 is 0. The Kier molecular flexibility index (Phi) is 5.38. The number of benzene rings is 1. The summed E-state index contributed by atoms with van der Waals surface area (Å²) in [7, 11) is 0. The van der Waals surface area contributed by atoms with Crippen molar-refractivity contribution in [3.05, 3.63) is 29.6 Å². The maximum atomic E-state index is 14.3. The van der Waals surface area contributed by atoms with E-state index in [4.69, 9.17) is 4.74 Å². The number of anilines is 1. The Morgan fingerprint density at radius 2 is 2.30 bits per heavy atom. The van der Waals surface area contributed by atoms with Gasteiger partial charge in [0.15, 0.2) is 0 Å². The normalized spacial score (nSPS) is 21.0. The summed E-state index contributed by atoms with van der Waals surface area (Å²) in [6.07, 6.45) is 1.24. The molecule has 0 saturated carbocycles. The van der Waals surface area contributed by atoms with Crippen LogP contribution in [0, 0.1) is 5.82 Å². The summed E-state index contributed by atoms with van der Waals surface area (Å²) in [5, 5.41) is 3.38. The van der Waals surface area contributed by atoms with Crippen LogP contribution in [0.2, 0.25) is 0 Å². The molecule has 0 radical (unpaired) electrons. The van der Waals surface area contributed by atoms with Gasteiger partial charge in [-0.1, -0.05) is 13.0 Å². The van der Waals surface area contributed by atoms with Gasteiger partial charge < -0.3 is 15.0 Å². The van der Waals surface area contributed by atoms with Gasteiger partial charge in [0.25, 0.3) is 0 Å². The first kappa shape index (κ1) is 15.3.